The number of amides is 2. The van der Waals surface area contributed by atoms with Gasteiger partial charge in [-0.15, -0.1) is 0 Å². The van der Waals surface area contributed by atoms with Crippen molar-refractivity contribution in [1.82, 2.24) is 10.2 Å². The molecule has 2 aliphatic rings. The predicted octanol–water partition coefficient (Wildman–Crippen LogP) is 0.812. The summed E-state index contributed by atoms with van der Waals surface area (Å²) in [6.07, 6.45) is -1.15. The third kappa shape index (κ3) is 2.74. The number of aliphatic hydroxyl groups excluding tert-OH is 1. The molecular formula is C17H18N2O6. The maximum absolute atomic E-state index is 12.2. The number of benzene rings is 1. The molecular weight excluding hydrogens is 328 g/mol. The molecule has 1 aromatic carbocycles. The van der Waals surface area contributed by atoms with Crippen LogP contribution in [0.1, 0.15) is 18.9 Å². The first-order chi connectivity index (χ1) is 11.8. The molecule has 0 spiro atoms. The fourth-order valence-corrected chi connectivity index (χ4v) is 3.43. The van der Waals surface area contributed by atoms with E-state index in [1.165, 1.54) is 18.9 Å². The molecule has 0 aromatic heterocycles. The Hall–Kier alpha value is -2.87. The van der Waals surface area contributed by atoms with Gasteiger partial charge in [0.15, 0.2) is 0 Å². The normalized spacial score (nSPS) is 23.0. The van der Waals surface area contributed by atoms with Crippen molar-refractivity contribution in [3.05, 3.63) is 35.5 Å². The summed E-state index contributed by atoms with van der Waals surface area (Å²) >= 11 is 0. The highest BCUT2D eigenvalue weighted by molar-refractivity contribution is 6.06. The molecule has 3 atom stereocenters. The van der Waals surface area contributed by atoms with E-state index in [9.17, 15) is 24.6 Å². The first-order valence-corrected chi connectivity index (χ1v) is 7.82. The smallest absolute Gasteiger partial charge is 0.412 e. The number of β-lactam (4-membered cyclic amide) rings is 1. The minimum atomic E-state index is -1.20. The van der Waals surface area contributed by atoms with E-state index in [4.69, 9.17) is 4.74 Å². The maximum atomic E-state index is 12.2. The van der Waals surface area contributed by atoms with Gasteiger partial charge in [0.2, 0.25) is 5.91 Å². The Morgan fingerprint density at radius 1 is 1.40 bits per heavy atom. The molecule has 8 nitrogen and oxygen atoms in total. The number of carboxylic acid groups (broad SMARTS) is 1. The zero-order valence-electron chi connectivity index (χ0n) is 13.7. The molecule has 8 heteroatoms. The van der Waals surface area contributed by atoms with Crippen LogP contribution < -0.4 is 10.1 Å². The molecule has 0 unspecified atom stereocenters. The van der Waals surface area contributed by atoms with Crippen molar-refractivity contribution in [2.75, 3.05) is 7.05 Å². The van der Waals surface area contributed by atoms with E-state index in [-0.39, 0.29) is 23.4 Å². The van der Waals surface area contributed by atoms with Gasteiger partial charge in [-0.2, -0.15) is 0 Å². The van der Waals surface area contributed by atoms with E-state index < -0.39 is 24.1 Å². The van der Waals surface area contributed by atoms with E-state index in [0.29, 0.717) is 17.6 Å². The summed E-state index contributed by atoms with van der Waals surface area (Å²) in [6.45, 7) is 1.52. The third-order valence-corrected chi connectivity index (χ3v) is 4.53. The average Bonchev–Trinajstić information content (AvgIpc) is 2.89. The molecule has 1 aromatic rings. The molecule has 2 amide bonds. The summed E-state index contributed by atoms with van der Waals surface area (Å²) in [5, 5.41) is 21.6. The lowest BCUT2D eigenvalue weighted by Gasteiger charge is -2.44. The van der Waals surface area contributed by atoms with Gasteiger partial charge in [-0.3, -0.25) is 4.79 Å². The van der Waals surface area contributed by atoms with Crippen molar-refractivity contribution in [3.63, 3.8) is 0 Å². The van der Waals surface area contributed by atoms with Crippen LogP contribution in [0.3, 0.4) is 0 Å². The lowest BCUT2D eigenvalue weighted by atomic mass is 9.82. The minimum Gasteiger partial charge on any atom is -0.477 e. The van der Waals surface area contributed by atoms with Crippen LogP contribution in [0, 0.1) is 5.92 Å². The molecule has 0 saturated carbocycles. The van der Waals surface area contributed by atoms with Crippen LogP contribution in [0.25, 0.3) is 5.57 Å². The van der Waals surface area contributed by atoms with Crippen molar-refractivity contribution in [1.29, 1.82) is 0 Å². The summed E-state index contributed by atoms with van der Waals surface area (Å²) in [6, 6.07) is 6.11. The molecule has 2 aliphatic heterocycles. The first-order valence-electron chi connectivity index (χ1n) is 7.82. The average molecular weight is 346 g/mol. The van der Waals surface area contributed by atoms with E-state index in [1.807, 2.05) is 0 Å². The van der Waals surface area contributed by atoms with Gasteiger partial charge in [0, 0.05) is 7.05 Å². The second-order valence-electron chi connectivity index (χ2n) is 6.05. The number of aliphatic carboxylic acids is 1. The largest absolute Gasteiger partial charge is 0.477 e. The highest BCUT2D eigenvalue weighted by atomic mass is 16.5. The SMILES string of the molecule is CNC(=O)Oc1cccc(C2=C(C(=O)O)N3C(=O)[C@@H]([C@@H](C)O)[C@H]3C2)c1. The van der Waals surface area contributed by atoms with Gasteiger partial charge in [-0.05, 0) is 36.6 Å². The van der Waals surface area contributed by atoms with Gasteiger partial charge in [-0.1, -0.05) is 12.1 Å². The summed E-state index contributed by atoms with van der Waals surface area (Å²) in [7, 11) is 1.43. The quantitative estimate of drug-likeness (QED) is 0.695. The second kappa shape index (κ2) is 6.21. The zero-order valence-corrected chi connectivity index (χ0v) is 13.7. The topological polar surface area (TPSA) is 116 Å². The van der Waals surface area contributed by atoms with Crippen LogP contribution in [0.15, 0.2) is 30.0 Å². The first kappa shape index (κ1) is 17.0. The molecule has 132 valence electrons. The molecule has 0 radical (unpaired) electrons. The van der Waals surface area contributed by atoms with Crippen LogP contribution in [0.5, 0.6) is 5.75 Å². The number of hydrogen-bond donors (Lipinski definition) is 3. The van der Waals surface area contributed by atoms with Gasteiger partial charge in [0.05, 0.1) is 18.1 Å². The number of nitrogens with zero attached hydrogens (tertiary/aromatic N) is 1. The Labute approximate surface area is 143 Å². The fraction of sp³-hybridized carbons (Fsp3) is 0.353. The number of rotatable bonds is 4. The Morgan fingerprint density at radius 2 is 2.12 bits per heavy atom. The molecule has 3 N–H and O–H groups in total. The van der Waals surface area contributed by atoms with E-state index in [2.05, 4.69) is 5.32 Å². The monoisotopic (exact) mass is 346 g/mol. The number of carbonyl (C=O) groups is 3. The van der Waals surface area contributed by atoms with Gasteiger partial charge in [0.25, 0.3) is 0 Å². The molecule has 2 heterocycles. The van der Waals surface area contributed by atoms with Crippen molar-refractivity contribution in [2.45, 2.75) is 25.5 Å². The number of fused-ring (bicyclic) bond motifs is 1. The van der Waals surface area contributed by atoms with Gasteiger partial charge in [-0.25, -0.2) is 9.59 Å². The lowest BCUT2D eigenvalue weighted by Crippen LogP contribution is -2.61. The fourth-order valence-electron chi connectivity index (χ4n) is 3.43. The van der Waals surface area contributed by atoms with Crippen LogP contribution in [0.4, 0.5) is 4.79 Å². The van der Waals surface area contributed by atoms with Crippen molar-refractivity contribution in [3.8, 4) is 5.75 Å². The van der Waals surface area contributed by atoms with E-state index >= 15 is 0 Å². The zero-order chi connectivity index (χ0) is 18.3. The summed E-state index contributed by atoms with van der Waals surface area (Å²) in [5.74, 6) is -1.92. The number of aliphatic hydroxyl groups is 1. The van der Waals surface area contributed by atoms with Crippen molar-refractivity contribution < 1.29 is 29.3 Å². The molecule has 3 rings (SSSR count). The number of hydrogen-bond acceptors (Lipinski definition) is 5. The van der Waals surface area contributed by atoms with Gasteiger partial charge < -0.3 is 25.2 Å². The van der Waals surface area contributed by atoms with E-state index in [1.54, 1.807) is 24.3 Å². The van der Waals surface area contributed by atoms with Crippen LogP contribution in [0.2, 0.25) is 0 Å². The molecule has 0 aliphatic carbocycles. The summed E-state index contributed by atoms with van der Waals surface area (Å²) in [4.78, 5) is 36.5. The van der Waals surface area contributed by atoms with Crippen LogP contribution in [-0.2, 0) is 9.59 Å². The van der Waals surface area contributed by atoms with Gasteiger partial charge >= 0.3 is 12.1 Å². The lowest BCUT2D eigenvalue weighted by molar-refractivity contribution is -0.161. The van der Waals surface area contributed by atoms with Crippen LogP contribution >= 0.6 is 0 Å². The summed E-state index contributed by atoms with van der Waals surface area (Å²) in [5.41, 5.74) is 0.964. The standard InChI is InChI=1S/C17H18N2O6/c1-8(20)13-12-7-11(14(16(22)23)19(12)15(13)21)9-4-3-5-10(6-9)25-17(24)18-2/h3-6,8,12-13,20H,7H2,1-2H3,(H,18,24)(H,22,23)/t8-,12-,13+/m1/s1. The maximum Gasteiger partial charge on any atom is 0.412 e. The Kier molecular flexibility index (Phi) is 4.22. The highest BCUT2D eigenvalue weighted by Gasteiger charge is 2.56. The molecule has 1 saturated heterocycles. The second-order valence-corrected chi connectivity index (χ2v) is 6.05. The molecule has 0 bridgehead atoms. The Bertz CT molecular complexity index is 785. The number of carboxylic acids is 1. The number of ether oxygens (including phenoxy) is 1. The van der Waals surface area contributed by atoms with Crippen molar-refractivity contribution >= 4 is 23.5 Å². The summed E-state index contributed by atoms with van der Waals surface area (Å²) < 4.78 is 5.07. The Balaban J connectivity index is 1.96. The predicted molar refractivity (Wildman–Crippen MR) is 86.5 cm³/mol. The number of carbonyl (C=O) groups excluding carboxylic acids is 2. The van der Waals surface area contributed by atoms with Crippen molar-refractivity contribution in [2.24, 2.45) is 5.92 Å². The third-order valence-electron chi connectivity index (χ3n) is 4.53. The molecule has 25 heavy (non-hydrogen) atoms. The number of nitrogens with one attached hydrogen (secondary N) is 1. The van der Waals surface area contributed by atoms with E-state index in [0.717, 1.165) is 0 Å². The van der Waals surface area contributed by atoms with Crippen LogP contribution in [-0.4, -0.2) is 52.3 Å². The highest BCUT2D eigenvalue weighted by Crippen LogP contribution is 2.47. The van der Waals surface area contributed by atoms with Gasteiger partial charge in [0.1, 0.15) is 11.4 Å². The Morgan fingerprint density at radius 3 is 2.72 bits per heavy atom. The minimum absolute atomic E-state index is 0.0796. The molecule has 1 fully saturated rings.